The van der Waals surface area contributed by atoms with E-state index >= 15 is 0 Å². The first-order valence-electron chi connectivity index (χ1n) is 27.9. The average molecular weight is 923 g/mol. The molecule has 0 saturated carbocycles. The van der Waals surface area contributed by atoms with E-state index in [1.54, 1.807) is 0 Å². The Morgan fingerprint density at radius 3 is 1.14 bits per heavy atom. The first-order valence-corrected chi connectivity index (χ1v) is 27.9. The number of carboxylic acid groups (broad SMARTS) is 1. The third-order valence-corrected chi connectivity index (χ3v) is 12.5. The number of hydrogen-bond donors (Lipinski definition) is 1. The first kappa shape index (κ1) is 63.0. The van der Waals surface area contributed by atoms with Gasteiger partial charge in [0.1, 0.15) is 13.2 Å². The summed E-state index contributed by atoms with van der Waals surface area (Å²) in [7, 11) is 5.96. The summed E-state index contributed by atoms with van der Waals surface area (Å²) >= 11 is 0. The van der Waals surface area contributed by atoms with Crippen LogP contribution < -0.4 is 0 Å². The zero-order valence-electron chi connectivity index (χ0n) is 43.7. The molecule has 2 atom stereocenters. The molecule has 384 valence electrons. The fourth-order valence-electron chi connectivity index (χ4n) is 8.19. The average Bonchev–Trinajstić information content (AvgIpc) is 3.27. The highest BCUT2D eigenvalue weighted by atomic mass is 16.7. The molecule has 0 aromatic heterocycles. The molecule has 0 aliphatic rings. The Morgan fingerprint density at radius 2 is 0.785 bits per heavy atom. The van der Waals surface area contributed by atoms with Gasteiger partial charge < -0.3 is 28.5 Å². The number of carboxylic acids is 1. The molecule has 9 nitrogen and oxygen atoms in total. The zero-order valence-corrected chi connectivity index (χ0v) is 43.7. The lowest BCUT2D eigenvalue weighted by Gasteiger charge is -2.25. The normalized spacial score (nSPS) is 12.8. The van der Waals surface area contributed by atoms with Crippen LogP contribution in [0.15, 0.2) is 12.2 Å². The molecule has 0 aliphatic carbocycles. The molecule has 0 aromatic carbocycles. The molecule has 0 aromatic rings. The Bertz CT molecular complexity index is 1070. The molecule has 0 saturated heterocycles. The van der Waals surface area contributed by atoms with Crippen LogP contribution in [-0.4, -0.2) is 87.4 Å². The van der Waals surface area contributed by atoms with E-state index in [1.807, 2.05) is 21.1 Å². The Kier molecular flexibility index (Phi) is 47.0. The molecular formula is C56H108NO8+. The van der Waals surface area contributed by atoms with E-state index in [-0.39, 0.29) is 32.2 Å². The number of quaternary nitrogens is 1. The van der Waals surface area contributed by atoms with Crippen molar-refractivity contribution in [3.63, 3.8) is 0 Å². The summed E-state index contributed by atoms with van der Waals surface area (Å²) in [4.78, 5) is 37.0. The SMILES string of the molecule is CCCCCCCCCC/C=C\CCCCCCCCCCCCCCCCCCCCCCCC(=O)OC(COC(=O)CCCCCCCCC)COC(OCC[N+](C)(C)C)C(=O)O. The molecule has 0 aliphatic heterocycles. The Balaban J connectivity index is 3.91. The number of unbranched alkanes of at least 4 members (excludes halogenated alkanes) is 35. The van der Waals surface area contributed by atoms with Crippen molar-refractivity contribution >= 4 is 17.9 Å². The smallest absolute Gasteiger partial charge is 0.361 e. The van der Waals surface area contributed by atoms with Gasteiger partial charge in [-0.15, -0.1) is 0 Å². The molecule has 0 fully saturated rings. The van der Waals surface area contributed by atoms with Crippen molar-refractivity contribution in [2.45, 2.75) is 283 Å². The molecule has 65 heavy (non-hydrogen) atoms. The van der Waals surface area contributed by atoms with Gasteiger partial charge in [0, 0.05) is 12.8 Å². The van der Waals surface area contributed by atoms with Crippen LogP contribution >= 0.6 is 0 Å². The van der Waals surface area contributed by atoms with Gasteiger partial charge in [-0.2, -0.15) is 0 Å². The largest absolute Gasteiger partial charge is 0.477 e. The molecular weight excluding hydrogens is 815 g/mol. The molecule has 0 spiro atoms. The predicted molar refractivity (Wildman–Crippen MR) is 272 cm³/mol. The van der Waals surface area contributed by atoms with Crippen LogP contribution in [-0.2, 0) is 33.3 Å². The molecule has 9 heteroatoms. The van der Waals surface area contributed by atoms with Crippen LogP contribution in [0.4, 0.5) is 0 Å². The van der Waals surface area contributed by atoms with Crippen LogP contribution in [0.25, 0.3) is 0 Å². The van der Waals surface area contributed by atoms with E-state index in [0.717, 1.165) is 38.5 Å². The Morgan fingerprint density at radius 1 is 0.446 bits per heavy atom. The molecule has 2 unspecified atom stereocenters. The number of carbonyl (C=O) groups excluding carboxylic acids is 2. The van der Waals surface area contributed by atoms with Crippen LogP contribution in [0.5, 0.6) is 0 Å². The second-order valence-corrected chi connectivity index (χ2v) is 20.3. The van der Waals surface area contributed by atoms with Crippen molar-refractivity contribution in [2.24, 2.45) is 0 Å². The second-order valence-electron chi connectivity index (χ2n) is 20.3. The van der Waals surface area contributed by atoms with Gasteiger partial charge in [0.05, 0.1) is 34.4 Å². The van der Waals surface area contributed by atoms with Crippen molar-refractivity contribution < 1.29 is 42.9 Å². The quantitative estimate of drug-likeness (QED) is 0.0211. The Hall–Kier alpha value is -1.97. The minimum atomic E-state index is -1.50. The molecule has 0 amide bonds. The second kappa shape index (κ2) is 48.5. The maximum Gasteiger partial charge on any atom is 0.361 e. The van der Waals surface area contributed by atoms with E-state index in [0.29, 0.717) is 17.4 Å². The highest BCUT2D eigenvalue weighted by Gasteiger charge is 2.25. The van der Waals surface area contributed by atoms with Crippen LogP contribution in [0.2, 0.25) is 0 Å². The number of rotatable bonds is 52. The number of nitrogens with zero attached hydrogens (tertiary/aromatic N) is 1. The van der Waals surface area contributed by atoms with Crippen LogP contribution in [0.3, 0.4) is 0 Å². The summed E-state index contributed by atoms with van der Waals surface area (Å²) in [6.45, 7) is 4.86. The minimum absolute atomic E-state index is 0.176. The minimum Gasteiger partial charge on any atom is -0.477 e. The summed E-state index contributed by atoms with van der Waals surface area (Å²) in [6, 6.07) is 0. The zero-order chi connectivity index (χ0) is 47.7. The fraction of sp³-hybridized carbons (Fsp3) is 0.911. The van der Waals surface area contributed by atoms with Gasteiger partial charge in [0.25, 0.3) is 6.29 Å². The molecule has 0 rings (SSSR count). The van der Waals surface area contributed by atoms with Crippen LogP contribution in [0, 0.1) is 0 Å². The van der Waals surface area contributed by atoms with Crippen molar-refractivity contribution in [2.75, 3.05) is 47.5 Å². The number of aliphatic carboxylic acids is 1. The van der Waals surface area contributed by atoms with Crippen molar-refractivity contribution in [3.8, 4) is 0 Å². The van der Waals surface area contributed by atoms with E-state index in [1.165, 1.54) is 205 Å². The predicted octanol–water partition coefficient (Wildman–Crippen LogP) is 15.8. The van der Waals surface area contributed by atoms with Crippen molar-refractivity contribution in [1.82, 2.24) is 0 Å². The van der Waals surface area contributed by atoms with Crippen molar-refractivity contribution in [3.05, 3.63) is 12.2 Å². The molecule has 0 bridgehead atoms. The molecule has 0 heterocycles. The molecule has 0 radical (unpaired) electrons. The third kappa shape index (κ3) is 49.8. The number of carbonyl (C=O) groups is 3. The highest BCUT2D eigenvalue weighted by molar-refractivity contribution is 5.71. The summed E-state index contributed by atoms with van der Waals surface area (Å²) in [5.74, 6) is -2.00. The van der Waals surface area contributed by atoms with Crippen LogP contribution in [0.1, 0.15) is 271 Å². The maximum absolute atomic E-state index is 12.8. The first-order chi connectivity index (χ1) is 31.6. The van der Waals surface area contributed by atoms with Gasteiger partial charge in [0.15, 0.2) is 6.10 Å². The summed E-state index contributed by atoms with van der Waals surface area (Å²) in [5, 5.41) is 9.63. The highest BCUT2D eigenvalue weighted by Crippen LogP contribution is 2.17. The third-order valence-electron chi connectivity index (χ3n) is 12.5. The van der Waals surface area contributed by atoms with Gasteiger partial charge >= 0.3 is 17.9 Å². The van der Waals surface area contributed by atoms with Gasteiger partial charge in [-0.25, -0.2) is 4.79 Å². The number of ether oxygens (including phenoxy) is 4. The number of likely N-dealkylation sites (N-methyl/N-ethyl adjacent to an activating group) is 1. The summed E-state index contributed by atoms with van der Waals surface area (Å²) in [6.07, 6.45) is 52.0. The number of hydrogen-bond acceptors (Lipinski definition) is 7. The lowest BCUT2D eigenvalue weighted by Crippen LogP contribution is -2.40. The van der Waals surface area contributed by atoms with E-state index in [9.17, 15) is 19.5 Å². The summed E-state index contributed by atoms with van der Waals surface area (Å²) < 4.78 is 22.7. The van der Waals surface area contributed by atoms with E-state index in [4.69, 9.17) is 18.9 Å². The van der Waals surface area contributed by atoms with E-state index in [2.05, 4.69) is 26.0 Å². The monoisotopic (exact) mass is 923 g/mol. The summed E-state index contributed by atoms with van der Waals surface area (Å²) in [5.41, 5.74) is 0. The lowest BCUT2D eigenvalue weighted by atomic mass is 10.0. The molecule has 1 N–H and O–H groups in total. The maximum atomic E-state index is 12.8. The number of esters is 2. The van der Waals surface area contributed by atoms with E-state index < -0.39 is 24.3 Å². The fourth-order valence-corrected chi connectivity index (χ4v) is 8.19. The number of allylic oxidation sites excluding steroid dienone is 2. The van der Waals surface area contributed by atoms with Gasteiger partial charge in [-0.1, -0.05) is 231 Å². The lowest BCUT2D eigenvalue weighted by molar-refractivity contribution is -0.870. The Labute approximate surface area is 402 Å². The standard InChI is InChI=1S/C56H107NO8/c1-6-8-10-12-14-15-16-17-18-19-20-21-22-23-24-25-26-27-28-29-30-31-32-33-34-35-36-37-38-39-41-43-45-47-54(59)65-52(50-63-53(58)46-44-42-40-13-11-9-7-2)51-64-56(55(60)61)62-49-48-57(3,4)5/h19-20,52,56H,6-18,21-51H2,1-5H3/p+1/b20-19-. The van der Waals surface area contributed by atoms with Gasteiger partial charge in [-0.3, -0.25) is 9.59 Å². The van der Waals surface area contributed by atoms with Gasteiger partial charge in [0.2, 0.25) is 0 Å². The van der Waals surface area contributed by atoms with Gasteiger partial charge in [-0.05, 0) is 38.5 Å². The van der Waals surface area contributed by atoms with Crippen molar-refractivity contribution in [1.29, 1.82) is 0 Å². The topological polar surface area (TPSA) is 108 Å².